The predicted molar refractivity (Wildman–Crippen MR) is 119 cm³/mol. The van der Waals surface area contributed by atoms with Crippen molar-refractivity contribution in [2.24, 2.45) is 0 Å². The quantitative estimate of drug-likeness (QED) is 0.541. The maximum absolute atomic E-state index is 14.6. The van der Waals surface area contributed by atoms with E-state index in [0.717, 1.165) is 11.6 Å². The smallest absolute Gasteiger partial charge is 0.410 e. The summed E-state index contributed by atoms with van der Waals surface area (Å²) in [5.74, 6) is -1.89. The van der Waals surface area contributed by atoms with E-state index in [2.05, 4.69) is 6.58 Å². The highest BCUT2D eigenvalue weighted by molar-refractivity contribution is 7.89. The van der Waals surface area contributed by atoms with Crippen LogP contribution in [-0.4, -0.2) is 62.8 Å². The summed E-state index contributed by atoms with van der Waals surface area (Å²) >= 11 is 0. The van der Waals surface area contributed by atoms with Gasteiger partial charge in [-0.15, -0.1) is 0 Å². The Morgan fingerprint density at radius 1 is 1.21 bits per heavy atom. The summed E-state index contributed by atoms with van der Waals surface area (Å²) in [5, 5.41) is -1.14. The van der Waals surface area contributed by atoms with Gasteiger partial charge in [-0.3, -0.25) is 0 Å². The fraction of sp³-hybridized carbons (Fsp3) is 0.348. The highest BCUT2D eigenvalue weighted by Crippen LogP contribution is 2.35. The Balaban J connectivity index is 1.90. The van der Waals surface area contributed by atoms with E-state index in [4.69, 9.17) is 9.47 Å². The van der Waals surface area contributed by atoms with Gasteiger partial charge in [0, 0.05) is 38.7 Å². The molecular weight excluding hydrogens is 454 g/mol. The first-order valence-electron chi connectivity index (χ1n) is 10.2. The van der Waals surface area contributed by atoms with Crippen LogP contribution in [0.3, 0.4) is 0 Å². The molecule has 2 unspecified atom stereocenters. The van der Waals surface area contributed by atoms with Gasteiger partial charge in [0.15, 0.2) is 0 Å². The molecule has 1 aliphatic heterocycles. The Hall–Kier alpha value is -2.98. The number of rotatable bonds is 8. The second-order valence-corrected chi connectivity index (χ2v) is 9.99. The largest absolute Gasteiger partial charge is 0.497 e. The van der Waals surface area contributed by atoms with Crippen molar-refractivity contribution in [1.29, 1.82) is 0 Å². The lowest BCUT2D eigenvalue weighted by Gasteiger charge is -2.25. The molecule has 0 radical (unpaired) electrons. The SMILES string of the molecule is C=CCOC(=O)N1CC(c2ccc(F)cc2F)C(S(=O)(=O)N(C)Cc2ccc(OC)cc2)C1. The second-order valence-electron chi connectivity index (χ2n) is 7.73. The Labute approximate surface area is 192 Å². The number of nitrogens with zero attached hydrogens (tertiary/aromatic N) is 2. The molecule has 1 heterocycles. The molecule has 0 aromatic heterocycles. The molecule has 0 bridgehead atoms. The molecule has 2 atom stereocenters. The molecule has 3 rings (SSSR count). The number of benzene rings is 2. The number of likely N-dealkylation sites (tertiary alicyclic amines) is 1. The van der Waals surface area contributed by atoms with Gasteiger partial charge in [0.1, 0.15) is 29.2 Å². The molecule has 0 aliphatic carbocycles. The summed E-state index contributed by atoms with van der Waals surface area (Å²) in [7, 11) is -1.03. The van der Waals surface area contributed by atoms with E-state index >= 15 is 0 Å². The van der Waals surface area contributed by atoms with Gasteiger partial charge in [-0.2, -0.15) is 0 Å². The van der Waals surface area contributed by atoms with Crippen LogP contribution in [0.2, 0.25) is 0 Å². The lowest BCUT2D eigenvalue weighted by atomic mass is 9.97. The van der Waals surface area contributed by atoms with Gasteiger partial charge >= 0.3 is 6.09 Å². The average Bonchev–Trinajstić information content (AvgIpc) is 3.24. The molecule has 1 aliphatic rings. The minimum Gasteiger partial charge on any atom is -0.497 e. The topological polar surface area (TPSA) is 76.2 Å². The van der Waals surface area contributed by atoms with Gasteiger partial charge in [-0.1, -0.05) is 30.9 Å². The van der Waals surface area contributed by atoms with Crippen molar-refractivity contribution in [2.45, 2.75) is 17.7 Å². The number of methoxy groups -OCH3 is 1. The van der Waals surface area contributed by atoms with Crippen molar-refractivity contribution >= 4 is 16.1 Å². The molecule has 0 spiro atoms. The Bertz CT molecular complexity index is 1110. The number of hydrogen-bond donors (Lipinski definition) is 0. The zero-order valence-electron chi connectivity index (χ0n) is 18.4. The first-order chi connectivity index (χ1) is 15.7. The van der Waals surface area contributed by atoms with Gasteiger partial charge in [0.25, 0.3) is 0 Å². The number of carbonyl (C=O) groups is 1. The molecule has 0 saturated carbocycles. The van der Waals surface area contributed by atoms with Crippen LogP contribution < -0.4 is 4.74 Å². The molecule has 0 N–H and O–H groups in total. The highest BCUT2D eigenvalue weighted by atomic mass is 32.2. The van der Waals surface area contributed by atoms with Gasteiger partial charge in [0.2, 0.25) is 10.0 Å². The summed E-state index contributed by atoms with van der Waals surface area (Å²) in [4.78, 5) is 13.6. The van der Waals surface area contributed by atoms with E-state index in [1.54, 1.807) is 24.3 Å². The van der Waals surface area contributed by atoms with Gasteiger partial charge in [-0.05, 0) is 29.3 Å². The summed E-state index contributed by atoms with van der Waals surface area (Å²) in [6, 6.07) is 9.94. The van der Waals surface area contributed by atoms with Crippen LogP contribution in [0.25, 0.3) is 0 Å². The number of halogens is 2. The van der Waals surface area contributed by atoms with Gasteiger partial charge < -0.3 is 14.4 Å². The van der Waals surface area contributed by atoms with Crippen molar-refractivity contribution in [3.05, 3.63) is 77.9 Å². The van der Waals surface area contributed by atoms with E-state index in [-0.39, 0.29) is 31.8 Å². The molecule has 2 aromatic carbocycles. The fourth-order valence-corrected chi connectivity index (χ4v) is 5.66. The zero-order valence-corrected chi connectivity index (χ0v) is 19.2. The highest BCUT2D eigenvalue weighted by Gasteiger charge is 2.46. The van der Waals surface area contributed by atoms with Crippen LogP contribution in [-0.2, 0) is 21.3 Å². The molecule has 178 valence electrons. The molecule has 2 aromatic rings. The van der Waals surface area contributed by atoms with E-state index in [0.29, 0.717) is 11.8 Å². The summed E-state index contributed by atoms with van der Waals surface area (Å²) in [6.45, 7) is 3.24. The van der Waals surface area contributed by atoms with E-state index in [1.807, 2.05) is 0 Å². The predicted octanol–water partition coefficient (Wildman–Crippen LogP) is 3.53. The number of carbonyl (C=O) groups excluding carboxylic acids is 1. The Kier molecular flexibility index (Phi) is 7.70. The molecule has 7 nitrogen and oxygen atoms in total. The van der Waals surface area contributed by atoms with Crippen molar-refractivity contribution in [1.82, 2.24) is 9.21 Å². The van der Waals surface area contributed by atoms with Crippen molar-refractivity contribution < 1.29 is 31.5 Å². The lowest BCUT2D eigenvalue weighted by Crippen LogP contribution is -2.40. The van der Waals surface area contributed by atoms with Crippen LogP contribution in [0.5, 0.6) is 5.75 Å². The van der Waals surface area contributed by atoms with Crippen molar-refractivity contribution in [3.8, 4) is 5.75 Å². The third kappa shape index (κ3) is 5.51. The first-order valence-corrected chi connectivity index (χ1v) is 11.7. The summed E-state index contributed by atoms with van der Waals surface area (Å²) in [6.07, 6.45) is 0.667. The summed E-state index contributed by atoms with van der Waals surface area (Å²) in [5.41, 5.74) is 0.758. The van der Waals surface area contributed by atoms with E-state index in [1.165, 1.54) is 35.5 Å². The molecule has 10 heteroatoms. The van der Waals surface area contributed by atoms with E-state index in [9.17, 15) is 22.0 Å². The van der Waals surface area contributed by atoms with Crippen LogP contribution >= 0.6 is 0 Å². The third-order valence-corrected chi connectivity index (χ3v) is 7.83. The number of amides is 1. The number of ether oxygens (including phenoxy) is 2. The fourth-order valence-electron chi connectivity index (χ4n) is 3.86. The third-order valence-electron chi connectivity index (χ3n) is 5.59. The maximum atomic E-state index is 14.6. The van der Waals surface area contributed by atoms with Crippen LogP contribution in [0.1, 0.15) is 17.0 Å². The van der Waals surface area contributed by atoms with Crippen LogP contribution in [0.4, 0.5) is 13.6 Å². The number of sulfonamides is 1. The minimum absolute atomic E-state index is 0.0295. The Morgan fingerprint density at radius 3 is 2.52 bits per heavy atom. The molecular formula is C23H26F2N2O5S. The normalized spacial score (nSPS) is 18.4. The minimum atomic E-state index is -3.99. The maximum Gasteiger partial charge on any atom is 0.410 e. The molecule has 1 amide bonds. The van der Waals surface area contributed by atoms with E-state index < -0.39 is 38.9 Å². The van der Waals surface area contributed by atoms with Crippen LogP contribution in [0, 0.1) is 11.6 Å². The van der Waals surface area contributed by atoms with Crippen molar-refractivity contribution in [3.63, 3.8) is 0 Å². The van der Waals surface area contributed by atoms with Gasteiger partial charge in [0.05, 0.1) is 7.11 Å². The first kappa shape index (κ1) is 24.7. The standard InChI is InChI=1S/C23H26F2N2O5S/c1-4-11-32-23(28)27-14-20(19-10-7-17(24)12-21(19)25)22(15-27)33(29,30)26(2)13-16-5-8-18(31-3)9-6-16/h4-10,12,20,22H,1,11,13-15H2,2-3H3. The zero-order chi connectivity index (χ0) is 24.2. The van der Waals surface area contributed by atoms with Crippen LogP contribution in [0.15, 0.2) is 55.1 Å². The molecule has 1 fully saturated rings. The molecule has 33 heavy (non-hydrogen) atoms. The van der Waals surface area contributed by atoms with Gasteiger partial charge in [-0.25, -0.2) is 26.3 Å². The second kappa shape index (κ2) is 10.3. The summed E-state index contributed by atoms with van der Waals surface area (Å²) < 4.78 is 66.4. The lowest BCUT2D eigenvalue weighted by molar-refractivity contribution is 0.121. The van der Waals surface area contributed by atoms with Crippen molar-refractivity contribution in [2.75, 3.05) is 33.9 Å². The number of hydrogen-bond acceptors (Lipinski definition) is 5. The molecule has 1 saturated heterocycles. The Morgan fingerprint density at radius 2 is 1.91 bits per heavy atom. The average molecular weight is 481 g/mol. The monoisotopic (exact) mass is 480 g/mol.